The van der Waals surface area contributed by atoms with E-state index in [2.05, 4.69) is 27.1 Å². The second-order valence-electron chi connectivity index (χ2n) is 7.33. The van der Waals surface area contributed by atoms with Gasteiger partial charge in [0.1, 0.15) is 12.4 Å². The maximum absolute atomic E-state index is 6.15. The first-order valence-electron chi connectivity index (χ1n) is 9.72. The van der Waals surface area contributed by atoms with E-state index in [0.717, 1.165) is 61.5 Å². The summed E-state index contributed by atoms with van der Waals surface area (Å²) in [5.74, 6) is 6.16. The van der Waals surface area contributed by atoms with E-state index in [9.17, 15) is 0 Å². The van der Waals surface area contributed by atoms with Crippen LogP contribution in [0.5, 0.6) is 0 Å². The second kappa shape index (κ2) is 11.8. The predicted octanol–water partition coefficient (Wildman–Crippen LogP) is 2.58. The normalized spacial score (nSPS) is 25.0. The molecule has 160 valence electrons. The molecular formula is C18H33IN6OS2. The van der Waals surface area contributed by atoms with Crippen molar-refractivity contribution in [1.82, 2.24) is 25.4 Å². The van der Waals surface area contributed by atoms with Crippen LogP contribution in [-0.2, 0) is 18.3 Å². The summed E-state index contributed by atoms with van der Waals surface area (Å²) in [6.45, 7) is 4.25. The fourth-order valence-electron chi connectivity index (χ4n) is 3.52. The molecule has 3 rings (SSSR count). The fraction of sp³-hybridized carbons (Fsp3) is 0.833. The Morgan fingerprint density at radius 2 is 2.32 bits per heavy atom. The van der Waals surface area contributed by atoms with E-state index < -0.39 is 0 Å². The van der Waals surface area contributed by atoms with Crippen molar-refractivity contribution in [3.05, 3.63) is 11.6 Å². The van der Waals surface area contributed by atoms with Gasteiger partial charge in [-0.15, -0.1) is 34.2 Å². The smallest absolute Gasteiger partial charge is 0.191 e. The summed E-state index contributed by atoms with van der Waals surface area (Å²) in [7, 11) is 1.99. The number of halogens is 1. The first-order valence-corrected chi connectivity index (χ1v) is 12.3. The van der Waals surface area contributed by atoms with Crippen LogP contribution >= 0.6 is 47.5 Å². The Morgan fingerprint density at radius 1 is 1.46 bits per heavy atom. The number of aryl methyl sites for hydroxylation is 1. The van der Waals surface area contributed by atoms with E-state index in [4.69, 9.17) is 9.73 Å². The number of aliphatic imine (C=N–C) groups is 1. The third-order valence-corrected chi connectivity index (χ3v) is 7.20. The first-order chi connectivity index (χ1) is 13.1. The standard InChI is InChI=1S/C18H32N6OS2.HI/c1-14-22-23-16(24(14)2)12-20-17(19-7-4-9-26-3)21-15-5-8-25-18(11-15)6-10-27-13-18;/h15H,4-13H2,1-3H3,(H2,19,20,21);1H. The van der Waals surface area contributed by atoms with Crippen molar-refractivity contribution in [3.8, 4) is 0 Å². The van der Waals surface area contributed by atoms with Crippen LogP contribution in [0.4, 0.5) is 0 Å². The third-order valence-electron chi connectivity index (χ3n) is 5.28. The summed E-state index contributed by atoms with van der Waals surface area (Å²) in [5, 5.41) is 15.5. The quantitative estimate of drug-likeness (QED) is 0.238. The van der Waals surface area contributed by atoms with Crippen LogP contribution in [0.15, 0.2) is 4.99 Å². The van der Waals surface area contributed by atoms with Gasteiger partial charge in [0, 0.05) is 32.0 Å². The molecule has 2 fully saturated rings. The lowest BCUT2D eigenvalue weighted by molar-refractivity contribution is -0.0679. The van der Waals surface area contributed by atoms with Crippen LogP contribution in [0, 0.1) is 6.92 Å². The van der Waals surface area contributed by atoms with Gasteiger partial charge in [-0.25, -0.2) is 4.99 Å². The van der Waals surface area contributed by atoms with Crippen molar-refractivity contribution in [2.75, 3.05) is 36.7 Å². The van der Waals surface area contributed by atoms with Gasteiger partial charge in [-0.05, 0) is 50.4 Å². The van der Waals surface area contributed by atoms with Crippen LogP contribution in [0.25, 0.3) is 0 Å². The van der Waals surface area contributed by atoms with E-state index in [1.807, 2.05) is 42.1 Å². The molecule has 28 heavy (non-hydrogen) atoms. The number of nitrogens with one attached hydrogen (secondary N) is 2. The Hall–Kier alpha value is -0.200. The number of rotatable bonds is 7. The van der Waals surface area contributed by atoms with Crippen LogP contribution in [-0.4, -0.2) is 69.0 Å². The average molecular weight is 541 g/mol. The Morgan fingerprint density at radius 3 is 3.00 bits per heavy atom. The molecule has 0 bridgehead atoms. The molecule has 2 saturated heterocycles. The molecule has 0 radical (unpaired) electrons. The van der Waals surface area contributed by atoms with Gasteiger partial charge in [-0.3, -0.25) is 0 Å². The molecule has 0 saturated carbocycles. The van der Waals surface area contributed by atoms with Crippen molar-refractivity contribution in [1.29, 1.82) is 0 Å². The fourth-order valence-corrected chi connectivity index (χ4v) is 5.33. The Labute approximate surface area is 194 Å². The zero-order chi connectivity index (χ0) is 19.1. The second-order valence-corrected chi connectivity index (χ2v) is 9.42. The third kappa shape index (κ3) is 6.66. The molecule has 1 aromatic rings. The first kappa shape index (κ1) is 24.1. The van der Waals surface area contributed by atoms with Crippen molar-refractivity contribution in [3.63, 3.8) is 0 Å². The lowest BCUT2D eigenvalue weighted by atomic mass is 9.90. The minimum Gasteiger partial charge on any atom is -0.374 e. The highest BCUT2D eigenvalue weighted by Crippen LogP contribution is 2.38. The van der Waals surface area contributed by atoms with Crippen molar-refractivity contribution < 1.29 is 4.74 Å². The highest BCUT2D eigenvalue weighted by atomic mass is 127. The summed E-state index contributed by atoms with van der Waals surface area (Å²) in [5.41, 5.74) is 0.0747. The van der Waals surface area contributed by atoms with Gasteiger partial charge < -0.3 is 19.9 Å². The van der Waals surface area contributed by atoms with E-state index in [-0.39, 0.29) is 29.6 Å². The molecule has 1 spiro atoms. The molecule has 10 heteroatoms. The summed E-state index contributed by atoms with van der Waals surface area (Å²) < 4.78 is 8.15. The molecule has 7 nitrogen and oxygen atoms in total. The van der Waals surface area contributed by atoms with Gasteiger partial charge in [-0.2, -0.15) is 23.5 Å². The van der Waals surface area contributed by atoms with E-state index in [1.54, 1.807) is 0 Å². The van der Waals surface area contributed by atoms with Gasteiger partial charge in [0.2, 0.25) is 0 Å². The van der Waals surface area contributed by atoms with Crippen molar-refractivity contribution in [2.24, 2.45) is 12.0 Å². The molecule has 2 aliphatic heterocycles. The summed E-state index contributed by atoms with van der Waals surface area (Å²) >= 11 is 3.89. The SMILES string of the molecule is CSCCCNC(=NCc1nnc(C)n1C)NC1CCOC2(CCSC2)C1.I. The van der Waals surface area contributed by atoms with Gasteiger partial charge in [-0.1, -0.05) is 0 Å². The predicted molar refractivity (Wildman–Crippen MR) is 130 cm³/mol. The van der Waals surface area contributed by atoms with Crippen LogP contribution in [0.3, 0.4) is 0 Å². The molecule has 2 atom stereocenters. The largest absolute Gasteiger partial charge is 0.374 e. The minimum atomic E-state index is 0. The summed E-state index contributed by atoms with van der Waals surface area (Å²) in [6, 6.07) is 0.408. The Balaban J connectivity index is 0.00000280. The lowest BCUT2D eigenvalue weighted by Crippen LogP contribution is -2.51. The molecule has 3 heterocycles. The topological polar surface area (TPSA) is 76.4 Å². The number of thioether (sulfide) groups is 2. The van der Waals surface area contributed by atoms with E-state index in [0.29, 0.717) is 12.6 Å². The molecule has 2 aliphatic rings. The Kier molecular flexibility index (Phi) is 10.2. The maximum atomic E-state index is 6.15. The van der Waals surface area contributed by atoms with Crippen LogP contribution in [0.1, 0.15) is 37.3 Å². The summed E-state index contributed by atoms with van der Waals surface area (Å²) in [4.78, 5) is 4.79. The average Bonchev–Trinajstić information content (AvgIpc) is 3.24. The summed E-state index contributed by atoms with van der Waals surface area (Å²) in [6.07, 6.45) is 6.53. The van der Waals surface area contributed by atoms with Crippen LogP contribution < -0.4 is 10.6 Å². The minimum absolute atomic E-state index is 0. The highest BCUT2D eigenvalue weighted by Gasteiger charge is 2.40. The van der Waals surface area contributed by atoms with Crippen LogP contribution in [0.2, 0.25) is 0 Å². The van der Waals surface area contributed by atoms with E-state index >= 15 is 0 Å². The molecule has 0 aliphatic carbocycles. The zero-order valence-electron chi connectivity index (χ0n) is 17.1. The highest BCUT2D eigenvalue weighted by molar-refractivity contribution is 14.0. The number of hydrogen-bond donors (Lipinski definition) is 2. The molecule has 0 amide bonds. The molecule has 0 aromatic carbocycles. The van der Waals surface area contributed by atoms with Crippen molar-refractivity contribution >= 4 is 53.5 Å². The van der Waals surface area contributed by atoms with E-state index in [1.165, 1.54) is 12.2 Å². The molecule has 2 unspecified atom stereocenters. The number of aromatic nitrogens is 3. The Bertz CT molecular complexity index is 636. The number of guanidine groups is 1. The number of nitrogens with zero attached hydrogens (tertiary/aromatic N) is 4. The van der Waals surface area contributed by atoms with Gasteiger partial charge in [0.15, 0.2) is 11.8 Å². The maximum Gasteiger partial charge on any atom is 0.191 e. The van der Waals surface area contributed by atoms with Crippen molar-refractivity contribution in [2.45, 2.75) is 50.8 Å². The van der Waals surface area contributed by atoms with Gasteiger partial charge in [0.05, 0.1) is 5.60 Å². The van der Waals surface area contributed by atoms with Gasteiger partial charge >= 0.3 is 0 Å². The molecule has 1 aromatic heterocycles. The monoisotopic (exact) mass is 540 g/mol. The number of hydrogen-bond acceptors (Lipinski definition) is 6. The molecular weight excluding hydrogens is 507 g/mol. The zero-order valence-corrected chi connectivity index (χ0v) is 21.0. The van der Waals surface area contributed by atoms with Gasteiger partial charge in [0.25, 0.3) is 0 Å². The molecule has 2 N–H and O–H groups in total. The number of ether oxygens (including phenoxy) is 1. The lowest BCUT2D eigenvalue weighted by Gasteiger charge is -2.38.